The number of rotatable bonds is 6. The van der Waals surface area contributed by atoms with Crippen molar-refractivity contribution in [2.45, 2.75) is 25.8 Å². The highest BCUT2D eigenvalue weighted by Gasteiger charge is 2.39. The summed E-state index contributed by atoms with van der Waals surface area (Å²) in [6.07, 6.45) is 0.448. The Morgan fingerprint density at radius 2 is 1.89 bits per heavy atom. The second-order valence-corrected chi connectivity index (χ2v) is 6.85. The average Bonchev–Trinajstić information content (AvgIpc) is 3.18. The van der Waals surface area contributed by atoms with E-state index >= 15 is 0 Å². The van der Waals surface area contributed by atoms with Gasteiger partial charge in [-0.1, -0.05) is 49.4 Å². The molecule has 1 fully saturated rings. The second-order valence-electron chi connectivity index (χ2n) is 6.85. The number of carbonyl (C=O) groups excluding carboxylic acids is 2. The van der Waals surface area contributed by atoms with Crippen LogP contribution in [0.5, 0.6) is 5.75 Å². The smallest absolute Gasteiger partial charge is 0.225 e. The van der Waals surface area contributed by atoms with Gasteiger partial charge in [0.05, 0.1) is 13.0 Å². The summed E-state index contributed by atoms with van der Waals surface area (Å²) in [6.45, 7) is 3.35. The number of hydrogen-bond donors (Lipinski definition) is 1. The van der Waals surface area contributed by atoms with Crippen molar-refractivity contribution < 1.29 is 14.3 Å². The predicted octanol–water partition coefficient (Wildman–Crippen LogP) is 2.96. The summed E-state index contributed by atoms with van der Waals surface area (Å²) in [7, 11) is 1.63. The number of ether oxygens (including phenoxy) is 1. The summed E-state index contributed by atoms with van der Waals surface area (Å²) in [4.78, 5) is 27.0. The third kappa shape index (κ3) is 4.48. The van der Waals surface area contributed by atoms with E-state index in [0.717, 1.165) is 16.9 Å². The van der Waals surface area contributed by atoms with Crippen LogP contribution in [-0.2, 0) is 16.1 Å². The number of nitrogens with one attached hydrogen (secondary N) is 1. The van der Waals surface area contributed by atoms with Gasteiger partial charge in [-0.15, -0.1) is 0 Å². The van der Waals surface area contributed by atoms with E-state index in [1.807, 2.05) is 61.5 Å². The third-order valence-electron chi connectivity index (χ3n) is 5.14. The molecule has 1 N–H and O–H groups in total. The fourth-order valence-corrected chi connectivity index (χ4v) is 3.62. The van der Waals surface area contributed by atoms with Gasteiger partial charge in [-0.05, 0) is 23.3 Å². The predicted molar refractivity (Wildman–Crippen MR) is 104 cm³/mol. The lowest BCUT2D eigenvalue weighted by molar-refractivity contribution is -0.130. The molecule has 2 aromatic rings. The SMILES string of the molecule is CCC(=O)N1CC(C(=O)NCc2ccccc2)C(c2cccc(OC)c2)C1. The molecule has 0 spiro atoms. The lowest BCUT2D eigenvalue weighted by Gasteiger charge is -2.18. The van der Waals surface area contributed by atoms with Crippen LogP contribution in [0.25, 0.3) is 0 Å². The molecule has 1 aliphatic heterocycles. The van der Waals surface area contributed by atoms with E-state index in [9.17, 15) is 9.59 Å². The van der Waals surface area contributed by atoms with Crippen molar-refractivity contribution in [1.29, 1.82) is 0 Å². The molecule has 2 unspecified atom stereocenters. The number of methoxy groups -OCH3 is 1. The summed E-state index contributed by atoms with van der Waals surface area (Å²) in [5, 5.41) is 3.04. The van der Waals surface area contributed by atoms with Crippen LogP contribution in [0, 0.1) is 5.92 Å². The van der Waals surface area contributed by atoms with Crippen molar-refractivity contribution >= 4 is 11.8 Å². The summed E-state index contributed by atoms with van der Waals surface area (Å²) < 4.78 is 5.33. The Kier molecular flexibility index (Phi) is 6.12. The van der Waals surface area contributed by atoms with Gasteiger partial charge in [0.15, 0.2) is 0 Å². The van der Waals surface area contributed by atoms with E-state index in [2.05, 4.69) is 5.32 Å². The first-order chi connectivity index (χ1) is 13.1. The number of carbonyl (C=O) groups is 2. The Morgan fingerprint density at radius 3 is 2.59 bits per heavy atom. The van der Waals surface area contributed by atoms with Crippen LogP contribution < -0.4 is 10.1 Å². The first kappa shape index (κ1) is 19.0. The largest absolute Gasteiger partial charge is 0.497 e. The van der Waals surface area contributed by atoms with Gasteiger partial charge in [-0.3, -0.25) is 9.59 Å². The van der Waals surface area contributed by atoms with Crippen LogP contribution in [-0.4, -0.2) is 36.9 Å². The number of benzene rings is 2. The van der Waals surface area contributed by atoms with Gasteiger partial charge in [0, 0.05) is 32.0 Å². The Hall–Kier alpha value is -2.82. The first-order valence-corrected chi connectivity index (χ1v) is 9.35. The second kappa shape index (κ2) is 8.71. The molecule has 0 bridgehead atoms. The Labute approximate surface area is 160 Å². The monoisotopic (exact) mass is 366 g/mol. The highest BCUT2D eigenvalue weighted by molar-refractivity contribution is 5.83. The quantitative estimate of drug-likeness (QED) is 0.855. The number of hydrogen-bond acceptors (Lipinski definition) is 3. The van der Waals surface area contributed by atoms with Crippen molar-refractivity contribution in [3.8, 4) is 5.75 Å². The topological polar surface area (TPSA) is 58.6 Å². The lowest BCUT2D eigenvalue weighted by atomic mass is 9.88. The van der Waals surface area contributed by atoms with Crippen molar-refractivity contribution in [3.63, 3.8) is 0 Å². The zero-order chi connectivity index (χ0) is 19.2. The van der Waals surface area contributed by atoms with Gasteiger partial charge in [0.1, 0.15) is 5.75 Å². The minimum absolute atomic E-state index is 0.0157. The number of amides is 2. The summed E-state index contributed by atoms with van der Waals surface area (Å²) in [6, 6.07) is 17.6. The van der Waals surface area contributed by atoms with Crippen LogP contribution in [0.3, 0.4) is 0 Å². The Balaban J connectivity index is 1.78. The van der Waals surface area contributed by atoms with Crippen molar-refractivity contribution in [1.82, 2.24) is 10.2 Å². The summed E-state index contributed by atoms with van der Waals surface area (Å²) in [5.41, 5.74) is 2.09. The molecule has 27 heavy (non-hydrogen) atoms. The van der Waals surface area contributed by atoms with E-state index in [1.54, 1.807) is 12.0 Å². The number of nitrogens with zero attached hydrogens (tertiary/aromatic N) is 1. The molecule has 1 saturated heterocycles. The maximum atomic E-state index is 12.9. The summed E-state index contributed by atoms with van der Waals surface area (Å²) >= 11 is 0. The van der Waals surface area contributed by atoms with Gasteiger partial charge in [-0.2, -0.15) is 0 Å². The third-order valence-corrected chi connectivity index (χ3v) is 5.14. The van der Waals surface area contributed by atoms with Crippen LogP contribution in [0.2, 0.25) is 0 Å². The molecule has 0 aliphatic carbocycles. The zero-order valence-electron chi connectivity index (χ0n) is 15.9. The molecule has 0 aromatic heterocycles. The minimum Gasteiger partial charge on any atom is -0.497 e. The molecule has 0 radical (unpaired) electrons. The average molecular weight is 366 g/mol. The molecule has 1 aliphatic rings. The first-order valence-electron chi connectivity index (χ1n) is 9.35. The van der Waals surface area contributed by atoms with Gasteiger partial charge in [-0.25, -0.2) is 0 Å². The molecule has 2 atom stereocenters. The van der Waals surface area contributed by atoms with E-state index in [1.165, 1.54) is 0 Å². The van der Waals surface area contributed by atoms with Crippen molar-refractivity contribution in [2.75, 3.05) is 20.2 Å². The lowest BCUT2D eigenvalue weighted by Crippen LogP contribution is -2.35. The molecule has 2 amide bonds. The summed E-state index contributed by atoms with van der Waals surface area (Å²) in [5.74, 6) is 0.526. The maximum absolute atomic E-state index is 12.9. The van der Waals surface area contributed by atoms with Crippen LogP contribution in [0.4, 0.5) is 0 Å². The highest BCUT2D eigenvalue weighted by Crippen LogP contribution is 2.34. The van der Waals surface area contributed by atoms with Crippen LogP contribution in [0.1, 0.15) is 30.4 Å². The van der Waals surface area contributed by atoms with Crippen molar-refractivity contribution in [2.24, 2.45) is 5.92 Å². The minimum atomic E-state index is -0.267. The Bertz CT molecular complexity index is 791. The molecule has 5 heteroatoms. The van der Waals surface area contributed by atoms with E-state index < -0.39 is 0 Å². The Morgan fingerprint density at radius 1 is 1.11 bits per heavy atom. The molecule has 3 rings (SSSR count). The molecule has 142 valence electrons. The normalized spacial score (nSPS) is 19.0. The molecule has 5 nitrogen and oxygen atoms in total. The van der Waals surface area contributed by atoms with Crippen LogP contribution >= 0.6 is 0 Å². The molecular formula is C22H26N2O3. The number of likely N-dealkylation sites (tertiary alicyclic amines) is 1. The maximum Gasteiger partial charge on any atom is 0.225 e. The van der Waals surface area contributed by atoms with Gasteiger partial charge < -0.3 is 15.0 Å². The van der Waals surface area contributed by atoms with Crippen LogP contribution in [0.15, 0.2) is 54.6 Å². The molecular weight excluding hydrogens is 340 g/mol. The molecule has 1 heterocycles. The van der Waals surface area contributed by atoms with Crippen molar-refractivity contribution in [3.05, 3.63) is 65.7 Å². The molecule has 0 saturated carbocycles. The van der Waals surface area contributed by atoms with Gasteiger partial charge >= 0.3 is 0 Å². The van der Waals surface area contributed by atoms with Gasteiger partial charge in [0.2, 0.25) is 11.8 Å². The van der Waals surface area contributed by atoms with E-state index in [-0.39, 0.29) is 23.7 Å². The fourth-order valence-electron chi connectivity index (χ4n) is 3.62. The van der Waals surface area contributed by atoms with Gasteiger partial charge in [0.25, 0.3) is 0 Å². The zero-order valence-corrected chi connectivity index (χ0v) is 15.9. The standard InChI is InChI=1S/C22H26N2O3/c1-3-21(25)24-14-19(17-10-7-11-18(12-17)27-2)20(15-24)22(26)23-13-16-8-5-4-6-9-16/h4-12,19-20H,3,13-15H2,1-2H3,(H,23,26). The highest BCUT2D eigenvalue weighted by atomic mass is 16.5. The fraction of sp³-hybridized carbons (Fsp3) is 0.364. The van der Waals surface area contributed by atoms with E-state index in [4.69, 9.17) is 4.74 Å². The van der Waals surface area contributed by atoms with E-state index in [0.29, 0.717) is 26.1 Å². The molecule has 2 aromatic carbocycles.